The maximum atomic E-state index is 12.3. The number of hydrogen-bond donors (Lipinski definition) is 1. The number of carbonyl (C=O) groups is 1. The number of aromatic nitrogens is 3. The Morgan fingerprint density at radius 2 is 1.75 bits per heavy atom. The Morgan fingerprint density at radius 1 is 1.03 bits per heavy atom. The van der Waals surface area contributed by atoms with E-state index in [1.54, 1.807) is 6.21 Å². The number of nitrogens with one attached hydrogen (secondary N) is 1. The van der Waals surface area contributed by atoms with E-state index in [9.17, 15) is 4.79 Å². The summed E-state index contributed by atoms with van der Waals surface area (Å²) in [6.07, 6.45) is 1.61. The first-order valence-electron chi connectivity index (χ1n) is 9.89. The van der Waals surface area contributed by atoms with Gasteiger partial charge in [0.25, 0.3) is 5.91 Å². The lowest BCUT2D eigenvalue weighted by Crippen LogP contribution is -2.20. The van der Waals surface area contributed by atoms with Crippen LogP contribution in [0.2, 0.25) is 0 Å². The lowest BCUT2D eigenvalue weighted by atomic mass is 10.1. The number of hydrazone groups is 1. The van der Waals surface area contributed by atoms with Gasteiger partial charge in [-0.3, -0.25) is 9.36 Å². The topological polar surface area (TPSA) is 72.2 Å². The third kappa shape index (κ3) is 5.33. The van der Waals surface area contributed by atoms with Crippen molar-refractivity contribution in [2.24, 2.45) is 5.10 Å². The van der Waals surface area contributed by atoms with E-state index in [-0.39, 0.29) is 11.7 Å². The normalized spacial score (nSPS) is 11.1. The van der Waals surface area contributed by atoms with Gasteiger partial charge in [-0.05, 0) is 25.1 Å². The van der Waals surface area contributed by atoms with E-state index >= 15 is 0 Å². The molecule has 0 aliphatic rings. The van der Waals surface area contributed by atoms with Crippen LogP contribution in [0.25, 0.3) is 17.1 Å². The standard InChI is InChI=1S/C24H20BrN5OS/c1-17-11-13-18(14-12-17)23-28-29-24(30(23)20-8-3-2-4-9-20)32-16-22(31)27-26-15-19-7-5-6-10-21(19)25/h2-15H,16H2,1H3,(H,27,31). The average molecular weight is 506 g/mol. The van der Waals surface area contributed by atoms with Crippen molar-refractivity contribution in [2.75, 3.05) is 5.75 Å². The van der Waals surface area contributed by atoms with Crippen LogP contribution in [0.15, 0.2) is 93.6 Å². The van der Waals surface area contributed by atoms with E-state index < -0.39 is 0 Å². The predicted octanol–water partition coefficient (Wildman–Crippen LogP) is 5.25. The van der Waals surface area contributed by atoms with E-state index in [4.69, 9.17) is 0 Å². The Balaban J connectivity index is 1.50. The minimum atomic E-state index is -0.224. The second kappa shape index (κ2) is 10.4. The Hall–Kier alpha value is -3.23. The van der Waals surface area contributed by atoms with Crippen molar-refractivity contribution in [3.8, 4) is 17.1 Å². The second-order valence-corrected chi connectivity index (χ2v) is 8.74. The van der Waals surface area contributed by atoms with Gasteiger partial charge in [0, 0.05) is 21.3 Å². The summed E-state index contributed by atoms with van der Waals surface area (Å²) in [5, 5.41) is 13.4. The van der Waals surface area contributed by atoms with Crippen molar-refractivity contribution in [3.05, 3.63) is 94.5 Å². The fourth-order valence-corrected chi connectivity index (χ4v) is 4.11. The zero-order chi connectivity index (χ0) is 22.3. The fourth-order valence-electron chi connectivity index (χ4n) is 2.98. The maximum absolute atomic E-state index is 12.3. The molecule has 0 atom stereocenters. The minimum absolute atomic E-state index is 0.159. The number of aryl methyl sites for hydroxylation is 1. The quantitative estimate of drug-likeness (QED) is 0.211. The van der Waals surface area contributed by atoms with Gasteiger partial charge < -0.3 is 0 Å². The number of para-hydroxylation sites is 1. The zero-order valence-electron chi connectivity index (χ0n) is 17.3. The molecule has 1 amide bonds. The highest BCUT2D eigenvalue weighted by Gasteiger charge is 2.17. The summed E-state index contributed by atoms with van der Waals surface area (Å²) in [6, 6.07) is 25.7. The monoisotopic (exact) mass is 505 g/mol. The summed E-state index contributed by atoms with van der Waals surface area (Å²) < 4.78 is 2.87. The molecule has 4 rings (SSSR count). The van der Waals surface area contributed by atoms with E-state index in [0.717, 1.165) is 27.1 Å². The van der Waals surface area contributed by atoms with Crippen LogP contribution in [0.1, 0.15) is 11.1 Å². The van der Waals surface area contributed by atoms with Gasteiger partial charge in [0.15, 0.2) is 11.0 Å². The lowest BCUT2D eigenvalue weighted by molar-refractivity contribution is -0.118. The molecule has 1 aromatic heterocycles. The van der Waals surface area contributed by atoms with Gasteiger partial charge in [-0.1, -0.05) is 93.9 Å². The molecule has 0 aliphatic heterocycles. The molecule has 0 unspecified atom stereocenters. The Kier molecular flexibility index (Phi) is 7.14. The first-order valence-corrected chi connectivity index (χ1v) is 11.7. The summed E-state index contributed by atoms with van der Waals surface area (Å²) in [5.41, 5.74) is 6.51. The maximum Gasteiger partial charge on any atom is 0.250 e. The number of nitrogens with zero attached hydrogens (tertiary/aromatic N) is 4. The summed E-state index contributed by atoms with van der Waals surface area (Å²) in [7, 11) is 0. The molecule has 160 valence electrons. The number of halogens is 1. The number of amides is 1. The van der Waals surface area contributed by atoms with Gasteiger partial charge in [-0.25, -0.2) is 5.43 Å². The molecule has 32 heavy (non-hydrogen) atoms. The van der Waals surface area contributed by atoms with Gasteiger partial charge in [0.1, 0.15) is 0 Å². The Morgan fingerprint density at radius 3 is 2.50 bits per heavy atom. The Bertz CT molecular complexity index is 1240. The molecule has 0 spiro atoms. The predicted molar refractivity (Wildman–Crippen MR) is 132 cm³/mol. The van der Waals surface area contributed by atoms with E-state index in [2.05, 4.69) is 36.7 Å². The molecular formula is C24H20BrN5OS. The van der Waals surface area contributed by atoms with Crippen LogP contribution in [-0.4, -0.2) is 32.6 Å². The number of benzene rings is 3. The van der Waals surface area contributed by atoms with Crippen molar-refractivity contribution in [2.45, 2.75) is 12.1 Å². The molecule has 0 radical (unpaired) electrons. The van der Waals surface area contributed by atoms with Crippen LogP contribution in [0.4, 0.5) is 0 Å². The van der Waals surface area contributed by atoms with Gasteiger partial charge in [-0.15, -0.1) is 10.2 Å². The third-order valence-electron chi connectivity index (χ3n) is 4.59. The number of carbonyl (C=O) groups excluding carboxylic acids is 1. The van der Waals surface area contributed by atoms with E-state index in [1.807, 2.05) is 90.4 Å². The summed E-state index contributed by atoms with van der Waals surface area (Å²) in [5.74, 6) is 0.662. The van der Waals surface area contributed by atoms with Crippen LogP contribution < -0.4 is 5.43 Å². The largest absolute Gasteiger partial charge is 0.272 e. The highest BCUT2D eigenvalue weighted by molar-refractivity contribution is 9.10. The summed E-state index contributed by atoms with van der Waals surface area (Å²) in [6.45, 7) is 2.05. The van der Waals surface area contributed by atoms with Crippen molar-refractivity contribution in [1.29, 1.82) is 0 Å². The van der Waals surface area contributed by atoms with Gasteiger partial charge in [0.05, 0.1) is 12.0 Å². The molecule has 4 aromatic rings. The Labute approximate surface area is 198 Å². The zero-order valence-corrected chi connectivity index (χ0v) is 19.7. The van der Waals surface area contributed by atoms with Gasteiger partial charge in [-0.2, -0.15) is 5.10 Å². The lowest BCUT2D eigenvalue weighted by Gasteiger charge is -2.10. The van der Waals surface area contributed by atoms with Crippen molar-refractivity contribution >= 4 is 39.8 Å². The molecule has 0 fully saturated rings. The molecule has 8 heteroatoms. The molecule has 0 bridgehead atoms. The number of hydrogen-bond acceptors (Lipinski definition) is 5. The van der Waals surface area contributed by atoms with Crippen molar-refractivity contribution in [3.63, 3.8) is 0 Å². The average Bonchev–Trinajstić information content (AvgIpc) is 3.24. The highest BCUT2D eigenvalue weighted by atomic mass is 79.9. The van der Waals surface area contributed by atoms with Gasteiger partial charge >= 0.3 is 0 Å². The van der Waals surface area contributed by atoms with Gasteiger partial charge in [0.2, 0.25) is 0 Å². The van der Waals surface area contributed by atoms with E-state index in [0.29, 0.717) is 5.16 Å². The SMILES string of the molecule is Cc1ccc(-c2nnc(SCC(=O)NN=Cc3ccccc3Br)n2-c2ccccc2)cc1. The summed E-state index contributed by atoms with van der Waals surface area (Å²) >= 11 is 4.77. The van der Waals surface area contributed by atoms with Crippen molar-refractivity contribution in [1.82, 2.24) is 20.2 Å². The molecule has 3 aromatic carbocycles. The van der Waals surface area contributed by atoms with Crippen LogP contribution in [0.5, 0.6) is 0 Å². The van der Waals surface area contributed by atoms with E-state index in [1.165, 1.54) is 17.3 Å². The molecule has 0 saturated carbocycles. The fraction of sp³-hybridized carbons (Fsp3) is 0.0833. The van der Waals surface area contributed by atoms with Crippen LogP contribution in [0.3, 0.4) is 0 Å². The third-order valence-corrected chi connectivity index (χ3v) is 6.24. The molecule has 0 saturated heterocycles. The number of thioether (sulfide) groups is 1. The molecular weight excluding hydrogens is 486 g/mol. The number of rotatable bonds is 7. The minimum Gasteiger partial charge on any atom is -0.272 e. The smallest absolute Gasteiger partial charge is 0.250 e. The van der Waals surface area contributed by atoms with Crippen LogP contribution in [0, 0.1) is 6.92 Å². The van der Waals surface area contributed by atoms with Crippen LogP contribution in [-0.2, 0) is 4.79 Å². The van der Waals surface area contributed by atoms with Crippen LogP contribution >= 0.6 is 27.7 Å². The first-order chi connectivity index (χ1) is 15.6. The molecule has 1 heterocycles. The van der Waals surface area contributed by atoms with Crippen molar-refractivity contribution < 1.29 is 4.79 Å². The highest BCUT2D eigenvalue weighted by Crippen LogP contribution is 2.28. The molecule has 0 aliphatic carbocycles. The molecule has 6 nitrogen and oxygen atoms in total. The molecule has 1 N–H and O–H groups in total. The summed E-state index contributed by atoms with van der Waals surface area (Å²) in [4.78, 5) is 12.3. The first kappa shape index (κ1) is 22.0. The second-order valence-electron chi connectivity index (χ2n) is 6.95.